The van der Waals surface area contributed by atoms with E-state index in [1.165, 1.54) is 22.9 Å². The van der Waals surface area contributed by atoms with Gasteiger partial charge >= 0.3 is 6.18 Å². The molecule has 0 aliphatic carbocycles. The first-order valence-corrected chi connectivity index (χ1v) is 12.5. The highest BCUT2D eigenvalue weighted by Gasteiger charge is 2.31. The molecule has 1 N–H and O–H groups in total. The smallest absolute Gasteiger partial charge is 0.416 e. The average Bonchev–Trinajstić information content (AvgIpc) is 3.05. The summed E-state index contributed by atoms with van der Waals surface area (Å²) in [6.45, 7) is 7.32. The summed E-state index contributed by atoms with van der Waals surface area (Å²) in [5.74, 6) is -0.632. The lowest BCUT2D eigenvalue weighted by molar-refractivity contribution is -0.137. The second-order valence-corrected chi connectivity index (χ2v) is 10.6. The van der Waals surface area contributed by atoms with Gasteiger partial charge in [-0.3, -0.25) is 9.48 Å². The predicted molar refractivity (Wildman–Crippen MR) is 124 cm³/mol. The number of hydrogen-bond acceptors (Lipinski definition) is 5. The standard InChI is InChI=1S/C22H27ClF3N3O4S/c1-14(2)9-10-34(31,32)28-20(30)8-7-18-12-21(33-15(3)4)27-29(18)13-16-5-6-17(11-19(16)23)22(24,25)26/h5-8,11-12,14-15H,9-10,13H2,1-4H3,(H,28,30)/b8-7+. The van der Waals surface area contributed by atoms with Crippen LogP contribution in [0.15, 0.2) is 30.3 Å². The number of ether oxygens (including phenoxy) is 1. The molecule has 34 heavy (non-hydrogen) atoms. The second-order valence-electron chi connectivity index (χ2n) is 8.34. The highest BCUT2D eigenvalue weighted by molar-refractivity contribution is 7.90. The third-order valence-electron chi connectivity index (χ3n) is 4.47. The molecule has 0 unspecified atom stereocenters. The van der Waals surface area contributed by atoms with Gasteiger partial charge in [0.1, 0.15) is 0 Å². The molecule has 2 rings (SSSR count). The van der Waals surface area contributed by atoms with Crippen molar-refractivity contribution >= 4 is 33.6 Å². The number of carbonyl (C=O) groups is 1. The van der Waals surface area contributed by atoms with Gasteiger partial charge in [-0.1, -0.05) is 31.5 Å². The van der Waals surface area contributed by atoms with Gasteiger partial charge < -0.3 is 4.74 Å². The summed E-state index contributed by atoms with van der Waals surface area (Å²) in [4.78, 5) is 12.2. The van der Waals surface area contributed by atoms with Gasteiger partial charge in [-0.05, 0) is 50.0 Å². The molecule has 0 bridgehead atoms. The van der Waals surface area contributed by atoms with Crippen LogP contribution in [0.3, 0.4) is 0 Å². The number of hydrogen-bond donors (Lipinski definition) is 1. The van der Waals surface area contributed by atoms with Gasteiger partial charge in [0, 0.05) is 17.2 Å². The third kappa shape index (κ3) is 8.68. The van der Waals surface area contributed by atoms with Crippen LogP contribution in [-0.4, -0.2) is 36.0 Å². The molecule has 0 aliphatic heterocycles. The molecule has 2 aromatic rings. The lowest BCUT2D eigenvalue weighted by Gasteiger charge is -2.11. The number of rotatable bonds is 10. The van der Waals surface area contributed by atoms with E-state index in [-0.39, 0.29) is 35.2 Å². The highest BCUT2D eigenvalue weighted by Crippen LogP contribution is 2.32. The topological polar surface area (TPSA) is 90.3 Å². The predicted octanol–water partition coefficient (Wildman–Crippen LogP) is 4.90. The molecule has 0 aliphatic rings. The number of amides is 1. The first-order valence-electron chi connectivity index (χ1n) is 10.5. The fraction of sp³-hybridized carbons (Fsp3) is 0.455. The molecule has 0 saturated heterocycles. The van der Waals surface area contributed by atoms with Crippen molar-refractivity contribution in [1.82, 2.24) is 14.5 Å². The molecule has 12 heteroatoms. The Hall–Kier alpha value is -2.53. The Balaban J connectivity index is 2.26. The lowest BCUT2D eigenvalue weighted by Crippen LogP contribution is -2.31. The molecule has 1 heterocycles. The van der Waals surface area contributed by atoms with E-state index in [0.717, 1.165) is 18.2 Å². The number of nitrogens with zero attached hydrogens (tertiary/aromatic N) is 2. The molecular weight excluding hydrogens is 495 g/mol. The SMILES string of the molecule is CC(C)CCS(=O)(=O)NC(=O)/C=C/c1cc(OC(C)C)nn1Cc1ccc(C(F)(F)F)cc1Cl. The van der Waals surface area contributed by atoms with Crippen molar-refractivity contribution in [3.8, 4) is 5.88 Å². The van der Waals surface area contributed by atoms with Crippen LogP contribution in [0.4, 0.5) is 13.2 Å². The van der Waals surface area contributed by atoms with Crippen LogP contribution in [0.25, 0.3) is 6.08 Å². The summed E-state index contributed by atoms with van der Waals surface area (Å²) < 4.78 is 71.7. The summed E-state index contributed by atoms with van der Waals surface area (Å²) in [5.41, 5.74) is -0.147. The monoisotopic (exact) mass is 521 g/mol. The van der Waals surface area contributed by atoms with Crippen molar-refractivity contribution in [2.45, 2.75) is 52.9 Å². The molecule has 0 radical (unpaired) electrons. The van der Waals surface area contributed by atoms with Gasteiger partial charge in [-0.15, -0.1) is 5.10 Å². The maximum absolute atomic E-state index is 12.9. The molecule has 1 aromatic heterocycles. The minimum absolute atomic E-state index is 0.00753. The van der Waals surface area contributed by atoms with Crippen LogP contribution in [0.1, 0.15) is 50.9 Å². The molecule has 0 spiro atoms. The summed E-state index contributed by atoms with van der Waals surface area (Å²) in [7, 11) is -3.78. The number of nitrogens with one attached hydrogen (secondary N) is 1. The van der Waals surface area contributed by atoms with Crippen molar-refractivity contribution in [3.05, 3.63) is 52.2 Å². The maximum Gasteiger partial charge on any atom is 0.416 e. The van der Waals surface area contributed by atoms with E-state index in [4.69, 9.17) is 16.3 Å². The number of alkyl halides is 3. The van der Waals surface area contributed by atoms with Crippen molar-refractivity contribution in [2.75, 3.05) is 5.75 Å². The van der Waals surface area contributed by atoms with Crippen LogP contribution in [0, 0.1) is 5.92 Å². The molecule has 7 nitrogen and oxygen atoms in total. The van der Waals surface area contributed by atoms with Gasteiger partial charge in [-0.2, -0.15) is 13.2 Å². The zero-order valence-corrected chi connectivity index (χ0v) is 20.8. The minimum atomic E-state index is -4.52. The summed E-state index contributed by atoms with van der Waals surface area (Å²) >= 11 is 6.06. The molecule has 0 saturated carbocycles. The fourth-order valence-corrected chi connectivity index (χ4v) is 4.27. The van der Waals surface area contributed by atoms with Gasteiger partial charge in [0.25, 0.3) is 5.91 Å². The Bertz CT molecular complexity index is 1140. The number of halogens is 4. The van der Waals surface area contributed by atoms with E-state index in [9.17, 15) is 26.4 Å². The van der Waals surface area contributed by atoms with Crippen molar-refractivity contribution in [3.63, 3.8) is 0 Å². The van der Waals surface area contributed by atoms with Crippen molar-refractivity contribution in [2.24, 2.45) is 5.92 Å². The Labute approximate surface area is 202 Å². The number of benzene rings is 1. The summed E-state index contributed by atoms with van der Waals surface area (Å²) in [6.07, 6.45) is -1.95. The van der Waals surface area contributed by atoms with E-state index in [1.54, 1.807) is 13.8 Å². The largest absolute Gasteiger partial charge is 0.474 e. The number of sulfonamides is 1. The molecule has 188 valence electrons. The Morgan fingerprint density at radius 2 is 1.91 bits per heavy atom. The van der Waals surface area contributed by atoms with Gasteiger partial charge in [0.2, 0.25) is 15.9 Å². The third-order valence-corrected chi connectivity index (χ3v) is 6.11. The molecule has 1 aromatic carbocycles. The minimum Gasteiger partial charge on any atom is -0.474 e. The Kier molecular flexibility index (Phi) is 9.18. The van der Waals surface area contributed by atoms with E-state index in [1.807, 2.05) is 18.6 Å². The number of carbonyl (C=O) groups excluding carboxylic acids is 1. The Morgan fingerprint density at radius 1 is 1.24 bits per heavy atom. The first kappa shape index (κ1) is 27.7. The molecular formula is C22H27ClF3N3O4S. The van der Waals surface area contributed by atoms with Gasteiger partial charge in [0.05, 0.1) is 29.7 Å². The molecule has 0 fully saturated rings. The lowest BCUT2D eigenvalue weighted by atomic mass is 10.1. The first-order chi connectivity index (χ1) is 15.7. The van der Waals surface area contributed by atoms with Crippen LogP contribution in [-0.2, 0) is 27.5 Å². The van der Waals surface area contributed by atoms with Crippen molar-refractivity contribution < 1.29 is 31.1 Å². The average molecular weight is 522 g/mol. The van der Waals surface area contributed by atoms with Crippen molar-refractivity contribution in [1.29, 1.82) is 0 Å². The van der Waals surface area contributed by atoms with Crippen LogP contribution in [0.5, 0.6) is 5.88 Å². The van der Waals surface area contributed by atoms with Crippen LogP contribution < -0.4 is 9.46 Å². The quantitative estimate of drug-likeness (QED) is 0.449. The molecule has 0 atom stereocenters. The normalized spacial score (nSPS) is 12.6. The Morgan fingerprint density at radius 3 is 2.47 bits per heavy atom. The highest BCUT2D eigenvalue weighted by atomic mass is 35.5. The van der Waals surface area contributed by atoms with E-state index < -0.39 is 27.7 Å². The van der Waals surface area contributed by atoms with E-state index in [0.29, 0.717) is 17.7 Å². The zero-order valence-electron chi connectivity index (χ0n) is 19.2. The fourth-order valence-electron chi connectivity index (χ4n) is 2.77. The maximum atomic E-state index is 12.9. The van der Waals surface area contributed by atoms with E-state index in [2.05, 4.69) is 5.10 Å². The van der Waals surface area contributed by atoms with Gasteiger partial charge in [0.15, 0.2) is 0 Å². The summed E-state index contributed by atoms with van der Waals surface area (Å²) in [5, 5.41) is 4.17. The van der Waals surface area contributed by atoms with E-state index >= 15 is 0 Å². The second kappa shape index (κ2) is 11.3. The van der Waals surface area contributed by atoms with Gasteiger partial charge in [-0.25, -0.2) is 13.1 Å². The zero-order chi connectivity index (χ0) is 25.7. The summed E-state index contributed by atoms with van der Waals surface area (Å²) in [6, 6.07) is 4.52. The van der Waals surface area contributed by atoms with Crippen LogP contribution in [0.2, 0.25) is 5.02 Å². The molecule has 1 amide bonds. The number of aromatic nitrogens is 2. The van der Waals surface area contributed by atoms with Crippen LogP contribution >= 0.6 is 11.6 Å².